The van der Waals surface area contributed by atoms with Crippen LogP contribution in [0.3, 0.4) is 0 Å². The number of rotatable bonds is 5. The third-order valence-electron chi connectivity index (χ3n) is 3.58. The third-order valence-corrected chi connectivity index (χ3v) is 6.91. The number of carboxylic acid groups (broad SMARTS) is 1. The zero-order valence-corrected chi connectivity index (χ0v) is 14.1. The van der Waals surface area contributed by atoms with Crippen LogP contribution in [0, 0.1) is 0 Å². The molecule has 6 heteroatoms. The Hall–Kier alpha value is -0.820. The zero-order valence-electron chi connectivity index (χ0n) is 11.6. The Balaban J connectivity index is 1.82. The Bertz CT molecular complexity index is 608. The van der Waals surface area contributed by atoms with Crippen LogP contribution in [0.25, 0.3) is 0 Å². The number of carboxylic acids is 1. The molecule has 3 rings (SSSR count). The molecule has 21 heavy (non-hydrogen) atoms. The van der Waals surface area contributed by atoms with Gasteiger partial charge in [0, 0.05) is 16.2 Å². The summed E-state index contributed by atoms with van der Waals surface area (Å²) in [6, 6.07) is 6.29. The zero-order chi connectivity index (χ0) is 14.8. The molecule has 0 aliphatic carbocycles. The molecule has 1 aliphatic heterocycles. The van der Waals surface area contributed by atoms with Crippen LogP contribution in [0.2, 0.25) is 0 Å². The SMILES string of the molecule is C[C@H]1CC(NC(CC(=O)O)c2cccs2)c2ccsc2S1. The average molecular weight is 340 g/mol. The molecule has 0 spiro atoms. The molecule has 3 heterocycles. The van der Waals surface area contributed by atoms with Crippen LogP contribution in [0.5, 0.6) is 0 Å². The predicted molar refractivity (Wildman–Crippen MR) is 89.4 cm³/mol. The average Bonchev–Trinajstić information content (AvgIpc) is 3.07. The summed E-state index contributed by atoms with van der Waals surface area (Å²) >= 11 is 5.32. The Morgan fingerprint density at radius 2 is 2.29 bits per heavy atom. The lowest BCUT2D eigenvalue weighted by Crippen LogP contribution is -2.31. The lowest BCUT2D eigenvalue weighted by Gasteiger charge is -2.30. The number of hydrogen-bond acceptors (Lipinski definition) is 5. The molecular formula is C15H17NO2S3. The van der Waals surface area contributed by atoms with Gasteiger partial charge in [-0.25, -0.2) is 0 Å². The number of fused-ring (bicyclic) bond motifs is 1. The van der Waals surface area contributed by atoms with E-state index in [4.69, 9.17) is 0 Å². The van der Waals surface area contributed by atoms with Gasteiger partial charge in [0.05, 0.1) is 16.7 Å². The van der Waals surface area contributed by atoms with Crippen molar-refractivity contribution in [2.24, 2.45) is 0 Å². The molecule has 0 saturated heterocycles. The smallest absolute Gasteiger partial charge is 0.305 e. The van der Waals surface area contributed by atoms with Crippen LogP contribution in [0.15, 0.2) is 33.2 Å². The highest BCUT2D eigenvalue weighted by Crippen LogP contribution is 2.44. The number of nitrogens with one attached hydrogen (secondary N) is 1. The topological polar surface area (TPSA) is 49.3 Å². The molecule has 0 bridgehead atoms. The molecule has 2 N–H and O–H groups in total. The van der Waals surface area contributed by atoms with Crippen molar-refractivity contribution in [1.29, 1.82) is 0 Å². The minimum Gasteiger partial charge on any atom is -0.481 e. The summed E-state index contributed by atoms with van der Waals surface area (Å²) < 4.78 is 1.37. The lowest BCUT2D eigenvalue weighted by atomic mass is 10.0. The molecule has 2 aromatic rings. The fourth-order valence-electron chi connectivity index (χ4n) is 2.66. The van der Waals surface area contributed by atoms with Gasteiger partial charge in [-0.15, -0.1) is 34.4 Å². The monoisotopic (exact) mass is 339 g/mol. The highest BCUT2D eigenvalue weighted by Gasteiger charge is 2.29. The van der Waals surface area contributed by atoms with Crippen LogP contribution >= 0.6 is 34.4 Å². The summed E-state index contributed by atoms with van der Waals surface area (Å²) in [6.45, 7) is 2.24. The molecule has 0 aromatic carbocycles. The van der Waals surface area contributed by atoms with E-state index in [-0.39, 0.29) is 18.5 Å². The van der Waals surface area contributed by atoms with Crippen LogP contribution in [0.4, 0.5) is 0 Å². The second-order valence-corrected chi connectivity index (χ2v) is 8.82. The molecule has 0 fully saturated rings. The summed E-state index contributed by atoms with van der Waals surface area (Å²) in [7, 11) is 0. The van der Waals surface area contributed by atoms with E-state index in [1.165, 1.54) is 9.77 Å². The van der Waals surface area contributed by atoms with Crippen molar-refractivity contribution in [3.05, 3.63) is 39.4 Å². The number of aliphatic carboxylic acids is 1. The van der Waals surface area contributed by atoms with Crippen LogP contribution in [-0.4, -0.2) is 16.3 Å². The molecule has 0 radical (unpaired) electrons. The molecule has 2 aromatic heterocycles. The normalized spacial score (nSPS) is 22.7. The van der Waals surface area contributed by atoms with Crippen LogP contribution < -0.4 is 5.32 Å². The molecule has 3 atom stereocenters. The Morgan fingerprint density at radius 3 is 3.00 bits per heavy atom. The first-order valence-corrected chi connectivity index (χ1v) is 9.52. The summed E-state index contributed by atoms with van der Waals surface area (Å²) in [4.78, 5) is 12.3. The molecule has 3 nitrogen and oxygen atoms in total. The standard InChI is InChI=1S/C15H17NO2S3/c1-9-7-11(10-4-6-20-15(10)21-9)16-12(8-14(17)18)13-3-2-5-19-13/h2-6,9,11-12,16H,7-8H2,1H3,(H,17,18)/t9-,11?,12?/m0/s1. The van der Waals surface area contributed by atoms with Gasteiger partial charge in [0.1, 0.15) is 0 Å². The molecule has 112 valence electrons. The summed E-state index contributed by atoms with van der Waals surface area (Å²) in [5, 5.41) is 17.5. The number of thiophene rings is 2. The molecule has 0 amide bonds. The summed E-state index contributed by atoms with van der Waals surface area (Å²) in [6.07, 6.45) is 1.16. The Labute approximate surface area is 136 Å². The summed E-state index contributed by atoms with van der Waals surface area (Å²) in [5.74, 6) is -0.760. The van der Waals surface area contributed by atoms with Gasteiger partial charge in [-0.2, -0.15) is 0 Å². The van der Waals surface area contributed by atoms with Gasteiger partial charge >= 0.3 is 5.97 Å². The van der Waals surface area contributed by atoms with Crippen molar-refractivity contribution < 1.29 is 9.90 Å². The molecule has 1 aliphatic rings. The second-order valence-electron chi connectivity index (χ2n) is 5.21. The highest BCUT2D eigenvalue weighted by molar-refractivity contribution is 8.01. The van der Waals surface area contributed by atoms with Gasteiger partial charge in [-0.1, -0.05) is 13.0 Å². The van der Waals surface area contributed by atoms with Crippen LogP contribution in [-0.2, 0) is 4.79 Å². The number of thioether (sulfide) groups is 1. The largest absolute Gasteiger partial charge is 0.481 e. The van der Waals surface area contributed by atoms with Crippen molar-refractivity contribution in [3.8, 4) is 0 Å². The van der Waals surface area contributed by atoms with E-state index in [0.29, 0.717) is 5.25 Å². The maximum absolute atomic E-state index is 11.2. The van der Waals surface area contributed by atoms with Crippen molar-refractivity contribution >= 4 is 40.4 Å². The van der Waals surface area contributed by atoms with E-state index >= 15 is 0 Å². The van der Waals surface area contributed by atoms with E-state index in [9.17, 15) is 9.90 Å². The van der Waals surface area contributed by atoms with Gasteiger partial charge in [-0.3, -0.25) is 4.79 Å². The van der Waals surface area contributed by atoms with Gasteiger partial charge < -0.3 is 10.4 Å². The first-order valence-electron chi connectivity index (χ1n) is 6.88. The number of carbonyl (C=O) groups is 1. The fourth-order valence-corrected chi connectivity index (χ4v) is 6.01. The lowest BCUT2D eigenvalue weighted by molar-refractivity contribution is -0.137. The van der Waals surface area contributed by atoms with Crippen molar-refractivity contribution in [1.82, 2.24) is 5.32 Å². The van der Waals surface area contributed by atoms with Gasteiger partial charge in [0.25, 0.3) is 0 Å². The second kappa shape index (κ2) is 6.52. The molecule has 0 saturated carbocycles. The Morgan fingerprint density at radius 1 is 1.43 bits per heavy atom. The van der Waals surface area contributed by atoms with E-state index in [1.54, 1.807) is 22.7 Å². The van der Waals surface area contributed by atoms with Gasteiger partial charge in [0.2, 0.25) is 0 Å². The Kier molecular flexibility index (Phi) is 4.69. The molecular weight excluding hydrogens is 322 g/mol. The van der Waals surface area contributed by atoms with E-state index < -0.39 is 5.97 Å². The third kappa shape index (κ3) is 3.51. The maximum Gasteiger partial charge on any atom is 0.305 e. The molecule has 2 unspecified atom stereocenters. The van der Waals surface area contributed by atoms with Gasteiger partial charge in [0.15, 0.2) is 0 Å². The first kappa shape index (κ1) is 15.1. The summed E-state index contributed by atoms with van der Waals surface area (Å²) in [5.41, 5.74) is 1.33. The number of hydrogen-bond donors (Lipinski definition) is 2. The first-order chi connectivity index (χ1) is 10.1. The van der Waals surface area contributed by atoms with Crippen molar-refractivity contribution in [3.63, 3.8) is 0 Å². The fraction of sp³-hybridized carbons (Fsp3) is 0.400. The highest BCUT2D eigenvalue weighted by atomic mass is 32.2. The van der Waals surface area contributed by atoms with E-state index in [2.05, 4.69) is 23.7 Å². The minimum atomic E-state index is -0.760. The van der Waals surface area contributed by atoms with Crippen molar-refractivity contribution in [2.45, 2.75) is 41.3 Å². The van der Waals surface area contributed by atoms with E-state index in [1.807, 2.05) is 29.3 Å². The minimum absolute atomic E-state index is 0.115. The van der Waals surface area contributed by atoms with Crippen molar-refractivity contribution in [2.75, 3.05) is 0 Å². The maximum atomic E-state index is 11.2. The van der Waals surface area contributed by atoms with E-state index in [0.717, 1.165) is 11.3 Å². The quantitative estimate of drug-likeness (QED) is 0.839. The predicted octanol–water partition coefficient (Wildman–Crippen LogP) is 4.54. The van der Waals surface area contributed by atoms with Crippen LogP contribution in [0.1, 0.15) is 42.3 Å². The van der Waals surface area contributed by atoms with Gasteiger partial charge in [-0.05, 0) is 34.9 Å².